The third-order valence-electron chi connectivity index (χ3n) is 5.60. The van der Waals surface area contributed by atoms with Crippen LogP contribution < -0.4 is 10.2 Å². The summed E-state index contributed by atoms with van der Waals surface area (Å²) in [6, 6.07) is 7.61. The number of carbonyl (C=O) groups is 1. The minimum atomic E-state index is -0.216. The van der Waals surface area contributed by atoms with E-state index in [0.29, 0.717) is 18.0 Å². The number of imidazole rings is 1. The van der Waals surface area contributed by atoms with E-state index in [0.717, 1.165) is 35.7 Å². The van der Waals surface area contributed by atoms with Crippen LogP contribution in [0.2, 0.25) is 0 Å². The van der Waals surface area contributed by atoms with E-state index in [1.807, 2.05) is 55.8 Å². The lowest BCUT2D eigenvalue weighted by molar-refractivity contribution is 0.102. The summed E-state index contributed by atoms with van der Waals surface area (Å²) in [5.74, 6) is 0.138. The Balaban J connectivity index is 1.36. The molecule has 0 saturated carbocycles. The van der Waals surface area contributed by atoms with Crippen molar-refractivity contribution in [3.8, 4) is 0 Å². The average Bonchev–Trinajstić information content (AvgIpc) is 3.47. The number of fused-ring (bicyclic) bond motifs is 2. The Kier molecular flexibility index (Phi) is 4.50. The van der Waals surface area contributed by atoms with Crippen LogP contribution in [0.1, 0.15) is 48.1 Å². The van der Waals surface area contributed by atoms with Gasteiger partial charge in [-0.2, -0.15) is 0 Å². The van der Waals surface area contributed by atoms with Crippen LogP contribution in [-0.2, 0) is 18.4 Å². The van der Waals surface area contributed by atoms with Crippen LogP contribution in [0.15, 0.2) is 53.6 Å². The first kappa shape index (κ1) is 19.3. The Labute approximate surface area is 179 Å². The number of nitrogens with one attached hydrogen (secondary N) is 1. The number of carbonyl (C=O) groups excluding carboxylic acids is 1. The van der Waals surface area contributed by atoms with Gasteiger partial charge in [0.1, 0.15) is 0 Å². The largest absolute Gasteiger partial charge is 0.365 e. The molecule has 1 aliphatic heterocycles. The summed E-state index contributed by atoms with van der Waals surface area (Å²) in [4.78, 5) is 23.7. The fourth-order valence-electron chi connectivity index (χ4n) is 3.83. The number of nitrogens with zero attached hydrogens (tertiary/aromatic N) is 5. The van der Waals surface area contributed by atoms with Gasteiger partial charge < -0.3 is 9.42 Å². The number of rotatable bonds is 4. The van der Waals surface area contributed by atoms with Crippen molar-refractivity contribution in [2.75, 3.05) is 16.8 Å². The zero-order valence-electron chi connectivity index (χ0n) is 17.8. The third kappa shape index (κ3) is 3.65. The Bertz CT molecular complexity index is 1270. The first-order valence-electron chi connectivity index (χ1n) is 10.3. The van der Waals surface area contributed by atoms with Gasteiger partial charge in [-0.25, -0.2) is 4.98 Å². The van der Waals surface area contributed by atoms with E-state index in [4.69, 9.17) is 4.52 Å². The molecule has 5 rings (SSSR count). The minimum Gasteiger partial charge on any atom is -0.365 e. The summed E-state index contributed by atoms with van der Waals surface area (Å²) in [7, 11) is 0. The van der Waals surface area contributed by atoms with Gasteiger partial charge in [0.2, 0.25) is 5.88 Å². The summed E-state index contributed by atoms with van der Waals surface area (Å²) in [6.07, 6.45) is 8.25. The predicted octanol–water partition coefficient (Wildman–Crippen LogP) is 3.83. The quantitative estimate of drug-likeness (QED) is 0.544. The van der Waals surface area contributed by atoms with Crippen LogP contribution in [0.4, 0.5) is 11.6 Å². The molecule has 8 heteroatoms. The molecule has 1 aliphatic rings. The molecular formula is C23H24N6O2. The zero-order chi connectivity index (χ0) is 21.6. The molecule has 1 aromatic carbocycles. The maximum atomic E-state index is 12.8. The lowest BCUT2D eigenvalue weighted by Crippen LogP contribution is -2.21. The molecule has 8 nitrogen and oxygen atoms in total. The first-order chi connectivity index (χ1) is 14.9. The van der Waals surface area contributed by atoms with E-state index < -0.39 is 0 Å². The van der Waals surface area contributed by atoms with Crippen molar-refractivity contribution in [3.63, 3.8) is 0 Å². The molecule has 0 unspecified atom stereocenters. The van der Waals surface area contributed by atoms with Gasteiger partial charge in [-0.15, -0.1) is 0 Å². The average molecular weight is 416 g/mol. The Morgan fingerprint density at radius 1 is 1.23 bits per heavy atom. The van der Waals surface area contributed by atoms with Crippen LogP contribution in [0.25, 0.3) is 5.65 Å². The molecule has 0 fully saturated rings. The molecule has 0 radical (unpaired) electrons. The van der Waals surface area contributed by atoms with Crippen LogP contribution >= 0.6 is 0 Å². The summed E-state index contributed by atoms with van der Waals surface area (Å²) >= 11 is 0. The highest BCUT2D eigenvalue weighted by Crippen LogP contribution is 2.31. The molecule has 0 saturated heterocycles. The molecule has 0 bridgehead atoms. The molecule has 31 heavy (non-hydrogen) atoms. The van der Waals surface area contributed by atoms with Crippen molar-refractivity contribution in [1.29, 1.82) is 0 Å². The monoisotopic (exact) mass is 416 g/mol. The van der Waals surface area contributed by atoms with Crippen molar-refractivity contribution >= 4 is 23.1 Å². The second-order valence-corrected chi connectivity index (χ2v) is 8.85. The van der Waals surface area contributed by atoms with E-state index in [1.54, 1.807) is 18.5 Å². The van der Waals surface area contributed by atoms with Crippen molar-refractivity contribution < 1.29 is 9.32 Å². The van der Waals surface area contributed by atoms with Gasteiger partial charge in [-0.05, 0) is 24.1 Å². The lowest BCUT2D eigenvalue weighted by Gasteiger charge is -2.19. The number of hydrogen-bond donors (Lipinski definition) is 1. The molecule has 1 amide bonds. The maximum Gasteiger partial charge on any atom is 0.258 e. The normalized spacial score (nSPS) is 13.6. The number of aromatic nitrogens is 4. The van der Waals surface area contributed by atoms with Gasteiger partial charge >= 0.3 is 0 Å². The van der Waals surface area contributed by atoms with Gasteiger partial charge in [0.15, 0.2) is 5.65 Å². The number of benzene rings is 1. The van der Waals surface area contributed by atoms with Gasteiger partial charge in [0.05, 0.1) is 30.3 Å². The second kappa shape index (κ2) is 7.23. The van der Waals surface area contributed by atoms with Crippen molar-refractivity contribution in [2.45, 2.75) is 39.2 Å². The van der Waals surface area contributed by atoms with E-state index in [9.17, 15) is 4.79 Å². The molecule has 0 aliphatic carbocycles. The molecule has 0 atom stereocenters. The predicted molar refractivity (Wildman–Crippen MR) is 117 cm³/mol. The van der Waals surface area contributed by atoms with Crippen molar-refractivity contribution in [2.24, 2.45) is 0 Å². The van der Waals surface area contributed by atoms with Crippen LogP contribution in [0, 0.1) is 0 Å². The minimum absolute atomic E-state index is 0.144. The molecule has 4 aromatic rings. The summed E-state index contributed by atoms with van der Waals surface area (Å²) in [5, 5.41) is 6.88. The highest BCUT2D eigenvalue weighted by Gasteiger charge is 2.23. The second-order valence-electron chi connectivity index (χ2n) is 8.85. The topological polar surface area (TPSA) is 88.6 Å². The standard InChI is InChI=1S/C23H24N6O2/c1-23(2,3)19-11-21(31-27-19)26-22(30)16-5-4-15-6-8-28(18(15)10-16)14-17-12-25-20-13-24-7-9-29(17)20/h4-5,7,9-13H,6,8,14H2,1-3H3,(H,26,30). The third-order valence-corrected chi connectivity index (χ3v) is 5.60. The molecule has 158 valence electrons. The van der Waals surface area contributed by atoms with E-state index in [2.05, 4.69) is 25.3 Å². The first-order valence-corrected chi connectivity index (χ1v) is 10.3. The van der Waals surface area contributed by atoms with E-state index >= 15 is 0 Å². The highest BCUT2D eigenvalue weighted by atomic mass is 16.5. The smallest absolute Gasteiger partial charge is 0.258 e. The number of anilines is 2. The zero-order valence-corrected chi connectivity index (χ0v) is 17.8. The van der Waals surface area contributed by atoms with Crippen LogP contribution in [0.5, 0.6) is 0 Å². The molecule has 0 spiro atoms. The Morgan fingerprint density at radius 2 is 2.10 bits per heavy atom. The fourth-order valence-corrected chi connectivity index (χ4v) is 3.83. The SMILES string of the molecule is CC(C)(C)c1cc(NC(=O)c2ccc3c(c2)N(Cc2cnc4cnccn24)CC3)on1. The van der Waals surface area contributed by atoms with Crippen LogP contribution in [-0.4, -0.2) is 32.0 Å². The molecular weight excluding hydrogens is 392 g/mol. The van der Waals surface area contributed by atoms with Gasteiger partial charge in [0.25, 0.3) is 5.91 Å². The lowest BCUT2D eigenvalue weighted by atomic mass is 9.92. The van der Waals surface area contributed by atoms with Gasteiger partial charge in [0, 0.05) is 41.7 Å². The molecule has 3 aromatic heterocycles. The van der Waals surface area contributed by atoms with E-state index in [-0.39, 0.29) is 11.3 Å². The Hall–Kier alpha value is -3.68. The van der Waals surface area contributed by atoms with Gasteiger partial charge in [-0.1, -0.05) is 32.0 Å². The van der Waals surface area contributed by atoms with Gasteiger partial charge in [-0.3, -0.25) is 19.5 Å². The molecule has 1 N–H and O–H groups in total. The summed E-state index contributed by atoms with van der Waals surface area (Å²) < 4.78 is 7.34. The van der Waals surface area contributed by atoms with Crippen molar-refractivity contribution in [1.82, 2.24) is 19.5 Å². The van der Waals surface area contributed by atoms with Crippen molar-refractivity contribution in [3.05, 3.63) is 71.6 Å². The highest BCUT2D eigenvalue weighted by molar-refractivity contribution is 6.04. The fraction of sp³-hybridized carbons (Fsp3) is 0.304. The number of hydrogen-bond acceptors (Lipinski definition) is 6. The summed E-state index contributed by atoms with van der Waals surface area (Å²) in [5.41, 5.74) is 5.46. The maximum absolute atomic E-state index is 12.8. The Morgan fingerprint density at radius 3 is 2.90 bits per heavy atom. The number of amides is 1. The molecule has 4 heterocycles. The van der Waals surface area contributed by atoms with Crippen LogP contribution in [0.3, 0.4) is 0 Å². The summed E-state index contributed by atoms with van der Waals surface area (Å²) in [6.45, 7) is 7.75. The van der Waals surface area contributed by atoms with E-state index in [1.165, 1.54) is 5.56 Å².